The number of ether oxygens (including phenoxy) is 1. The number of rotatable bonds is 5. The van der Waals surface area contributed by atoms with Crippen LogP contribution in [-0.2, 0) is 4.79 Å². The van der Waals surface area contributed by atoms with Gasteiger partial charge in [-0.25, -0.2) is 0 Å². The lowest BCUT2D eigenvalue weighted by molar-refractivity contribution is -0.131. The predicted molar refractivity (Wildman–Crippen MR) is 77.7 cm³/mol. The number of hydrogen-bond donors (Lipinski definition) is 1. The van der Waals surface area contributed by atoms with Crippen molar-refractivity contribution in [3.8, 4) is 5.75 Å². The van der Waals surface area contributed by atoms with Crippen LogP contribution in [0.15, 0.2) is 24.3 Å². The number of nitrogens with zero attached hydrogens (tertiary/aromatic N) is 1. The van der Waals surface area contributed by atoms with Crippen LogP contribution in [-0.4, -0.2) is 41.2 Å². The summed E-state index contributed by atoms with van der Waals surface area (Å²) in [6.07, 6.45) is 1.84. The number of hydrogen-bond acceptors (Lipinski definition) is 3. The summed E-state index contributed by atoms with van der Waals surface area (Å²) < 4.78 is 5.67. The lowest BCUT2D eigenvalue weighted by Crippen LogP contribution is -2.33. The zero-order valence-corrected chi connectivity index (χ0v) is 12.3. The number of amides is 1. The van der Waals surface area contributed by atoms with Crippen LogP contribution in [0.4, 0.5) is 0 Å². The van der Waals surface area contributed by atoms with E-state index in [0.717, 1.165) is 11.3 Å². The number of aryl methyl sites for hydroxylation is 1. The van der Waals surface area contributed by atoms with Gasteiger partial charge in [0.1, 0.15) is 5.75 Å². The topological polar surface area (TPSA) is 49.8 Å². The number of carbonyl (C=O) groups excluding carboxylic acids is 1. The maximum atomic E-state index is 12.0. The van der Waals surface area contributed by atoms with E-state index in [0.29, 0.717) is 39.0 Å². The molecule has 0 aromatic heterocycles. The summed E-state index contributed by atoms with van der Waals surface area (Å²) in [5, 5.41) is 9.85. The first-order valence-corrected chi connectivity index (χ1v) is 7.16. The molecular weight excluding hydrogens is 254 g/mol. The molecule has 1 aromatic rings. The van der Waals surface area contributed by atoms with Crippen molar-refractivity contribution in [2.45, 2.75) is 38.7 Å². The first-order chi connectivity index (χ1) is 9.48. The van der Waals surface area contributed by atoms with Crippen LogP contribution in [0, 0.1) is 6.92 Å². The summed E-state index contributed by atoms with van der Waals surface area (Å²) in [6, 6.07) is 7.87. The fraction of sp³-hybridized carbons (Fsp3) is 0.562. The molecule has 2 rings (SSSR count). The van der Waals surface area contributed by atoms with Gasteiger partial charge in [0.15, 0.2) is 0 Å². The standard InChI is InChI=1S/C16H23NO3/c1-13-6-3-4-7-14(13)20-11-5-8-15(18)17-10-9-16(2,19)12-17/h3-4,6-7,19H,5,8-12H2,1-2H3. The molecule has 1 amide bonds. The number of para-hydroxylation sites is 1. The summed E-state index contributed by atoms with van der Waals surface area (Å²) in [6.45, 7) is 5.43. The summed E-state index contributed by atoms with van der Waals surface area (Å²) in [7, 11) is 0. The fourth-order valence-electron chi connectivity index (χ4n) is 2.44. The zero-order valence-electron chi connectivity index (χ0n) is 12.3. The zero-order chi connectivity index (χ0) is 14.6. The van der Waals surface area contributed by atoms with Crippen LogP contribution >= 0.6 is 0 Å². The number of aliphatic hydroxyl groups is 1. The Balaban J connectivity index is 1.69. The molecule has 0 saturated carbocycles. The third kappa shape index (κ3) is 3.97. The molecule has 4 nitrogen and oxygen atoms in total. The van der Waals surface area contributed by atoms with Crippen LogP contribution in [0.2, 0.25) is 0 Å². The van der Waals surface area contributed by atoms with Gasteiger partial charge in [0.2, 0.25) is 5.91 Å². The van der Waals surface area contributed by atoms with Crippen LogP contribution < -0.4 is 4.74 Å². The molecule has 1 aliphatic rings. The van der Waals surface area contributed by atoms with Gasteiger partial charge in [0.25, 0.3) is 0 Å². The molecule has 1 saturated heterocycles. The lowest BCUT2D eigenvalue weighted by atomic mass is 10.1. The Morgan fingerprint density at radius 1 is 1.45 bits per heavy atom. The molecule has 4 heteroatoms. The Bertz CT molecular complexity index is 471. The van der Waals surface area contributed by atoms with Crippen molar-refractivity contribution in [2.24, 2.45) is 0 Å². The summed E-state index contributed by atoms with van der Waals surface area (Å²) in [4.78, 5) is 13.7. The molecule has 1 heterocycles. The van der Waals surface area contributed by atoms with E-state index < -0.39 is 5.60 Å². The molecule has 1 unspecified atom stereocenters. The van der Waals surface area contributed by atoms with Crippen molar-refractivity contribution >= 4 is 5.91 Å². The molecule has 1 aliphatic heterocycles. The Hall–Kier alpha value is -1.55. The van der Waals surface area contributed by atoms with Crippen molar-refractivity contribution in [1.82, 2.24) is 4.90 Å². The minimum absolute atomic E-state index is 0.108. The number of benzene rings is 1. The van der Waals surface area contributed by atoms with Gasteiger partial charge < -0.3 is 14.7 Å². The van der Waals surface area contributed by atoms with Gasteiger partial charge in [0.05, 0.1) is 12.2 Å². The molecule has 20 heavy (non-hydrogen) atoms. The van der Waals surface area contributed by atoms with E-state index in [1.807, 2.05) is 31.2 Å². The Morgan fingerprint density at radius 2 is 2.20 bits per heavy atom. The average Bonchev–Trinajstić information content (AvgIpc) is 2.77. The highest BCUT2D eigenvalue weighted by molar-refractivity contribution is 5.76. The van der Waals surface area contributed by atoms with Gasteiger partial charge >= 0.3 is 0 Å². The minimum Gasteiger partial charge on any atom is -0.493 e. The first kappa shape index (κ1) is 14.9. The number of likely N-dealkylation sites (tertiary alicyclic amines) is 1. The van der Waals surface area contributed by atoms with Crippen molar-refractivity contribution in [3.05, 3.63) is 29.8 Å². The van der Waals surface area contributed by atoms with Crippen LogP contribution in [0.5, 0.6) is 5.75 Å². The van der Waals surface area contributed by atoms with E-state index in [-0.39, 0.29) is 5.91 Å². The van der Waals surface area contributed by atoms with Crippen LogP contribution in [0.3, 0.4) is 0 Å². The van der Waals surface area contributed by atoms with Gasteiger partial charge in [-0.15, -0.1) is 0 Å². The Kier molecular flexibility index (Phi) is 4.65. The molecule has 0 aliphatic carbocycles. The quantitative estimate of drug-likeness (QED) is 0.839. The van der Waals surface area contributed by atoms with E-state index in [1.165, 1.54) is 0 Å². The molecule has 0 spiro atoms. The van der Waals surface area contributed by atoms with Crippen molar-refractivity contribution in [3.63, 3.8) is 0 Å². The SMILES string of the molecule is Cc1ccccc1OCCCC(=O)N1CCC(C)(O)C1. The molecule has 110 valence electrons. The fourth-order valence-corrected chi connectivity index (χ4v) is 2.44. The van der Waals surface area contributed by atoms with Crippen LogP contribution in [0.25, 0.3) is 0 Å². The van der Waals surface area contributed by atoms with Gasteiger partial charge in [-0.1, -0.05) is 18.2 Å². The molecular formula is C16H23NO3. The average molecular weight is 277 g/mol. The van der Waals surface area contributed by atoms with Gasteiger partial charge in [0, 0.05) is 19.5 Å². The summed E-state index contributed by atoms with van der Waals surface area (Å²) in [5.41, 5.74) is 0.391. The third-order valence-electron chi connectivity index (χ3n) is 3.69. The highest BCUT2D eigenvalue weighted by Gasteiger charge is 2.33. The molecule has 0 bridgehead atoms. The largest absolute Gasteiger partial charge is 0.493 e. The maximum absolute atomic E-state index is 12.0. The van der Waals surface area contributed by atoms with Crippen LogP contribution in [0.1, 0.15) is 31.7 Å². The highest BCUT2D eigenvalue weighted by Crippen LogP contribution is 2.21. The van der Waals surface area contributed by atoms with E-state index >= 15 is 0 Å². The van der Waals surface area contributed by atoms with E-state index in [9.17, 15) is 9.90 Å². The number of carbonyl (C=O) groups is 1. The molecule has 1 N–H and O–H groups in total. The number of β-amino-alcohol motifs (C(OH)–C–C–N with tert-alkyl or cyclic N) is 1. The Labute approximate surface area is 120 Å². The van der Waals surface area contributed by atoms with E-state index in [2.05, 4.69) is 0 Å². The lowest BCUT2D eigenvalue weighted by Gasteiger charge is -2.19. The van der Waals surface area contributed by atoms with E-state index in [4.69, 9.17) is 4.74 Å². The van der Waals surface area contributed by atoms with Gasteiger partial charge in [-0.3, -0.25) is 4.79 Å². The second-order valence-electron chi connectivity index (χ2n) is 5.78. The first-order valence-electron chi connectivity index (χ1n) is 7.16. The second-order valence-corrected chi connectivity index (χ2v) is 5.78. The smallest absolute Gasteiger partial charge is 0.222 e. The predicted octanol–water partition coefficient (Wildman–Crippen LogP) is 2.14. The van der Waals surface area contributed by atoms with Gasteiger partial charge in [-0.05, 0) is 38.3 Å². The van der Waals surface area contributed by atoms with Crippen molar-refractivity contribution in [2.75, 3.05) is 19.7 Å². The van der Waals surface area contributed by atoms with Crippen molar-refractivity contribution < 1.29 is 14.6 Å². The summed E-state index contributed by atoms with van der Waals surface area (Å²) in [5.74, 6) is 0.986. The monoisotopic (exact) mass is 277 g/mol. The third-order valence-corrected chi connectivity index (χ3v) is 3.69. The molecule has 0 radical (unpaired) electrons. The normalized spacial score (nSPS) is 22.1. The summed E-state index contributed by atoms with van der Waals surface area (Å²) >= 11 is 0. The highest BCUT2D eigenvalue weighted by atomic mass is 16.5. The molecule has 1 atom stereocenters. The second kappa shape index (κ2) is 6.27. The minimum atomic E-state index is -0.715. The molecule has 1 aromatic carbocycles. The molecule has 1 fully saturated rings. The van der Waals surface area contributed by atoms with Gasteiger partial charge in [-0.2, -0.15) is 0 Å². The van der Waals surface area contributed by atoms with Crippen molar-refractivity contribution in [1.29, 1.82) is 0 Å². The van der Waals surface area contributed by atoms with E-state index in [1.54, 1.807) is 11.8 Å². The Morgan fingerprint density at radius 3 is 2.85 bits per heavy atom. The maximum Gasteiger partial charge on any atom is 0.222 e.